The van der Waals surface area contributed by atoms with Gasteiger partial charge < -0.3 is 25.2 Å². The summed E-state index contributed by atoms with van der Waals surface area (Å²) < 4.78 is 5.98. The molecule has 1 aliphatic rings. The zero-order valence-electron chi connectivity index (χ0n) is 11.1. The summed E-state index contributed by atoms with van der Waals surface area (Å²) in [6, 6.07) is 0. The number of hydrogen-bond donors (Lipinski definition) is 5. The molecule has 1 aromatic rings. The topological polar surface area (TPSA) is 162 Å². The number of carbonyl (C=O) groups is 1. The number of aliphatic hydroxyl groups is 3. The third-order valence-corrected chi connectivity index (χ3v) is 3.19. The van der Waals surface area contributed by atoms with E-state index in [2.05, 4.69) is 0 Å². The molecule has 0 aliphatic carbocycles. The lowest BCUT2D eigenvalue weighted by Crippen LogP contribution is -2.38. The molecule has 10 heteroatoms. The number of rotatable bonds is 4. The zero-order valence-corrected chi connectivity index (χ0v) is 11.1. The molecule has 0 aromatic carbocycles. The number of aliphatic carboxylic acids is 1. The Kier molecular flexibility index (Phi) is 4.56. The number of nitrogens with zero attached hydrogens (tertiary/aromatic N) is 1. The van der Waals surface area contributed by atoms with Gasteiger partial charge in [-0.2, -0.15) is 0 Å². The molecule has 120 valence electrons. The fourth-order valence-electron chi connectivity index (χ4n) is 2.08. The highest BCUT2D eigenvalue weighted by Gasteiger charge is 2.43. The summed E-state index contributed by atoms with van der Waals surface area (Å²) >= 11 is 0. The van der Waals surface area contributed by atoms with Crippen LogP contribution in [0.3, 0.4) is 0 Å². The molecular formula is C12H14N2O8. The van der Waals surface area contributed by atoms with Crippen molar-refractivity contribution in [3.8, 4) is 0 Å². The monoisotopic (exact) mass is 314 g/mol. The highest BCUT2D eigenvalue weighted by atomic mass is 16.6. The number of nitrogens with one attached hydrogen (secondary N) is 1. The Morgan fingerprint density at radius 2 is 2.05 bits per heavy atom. The van der Waals surface area contributed by atoms with Crippen LogP contribution in [0.2, 0.25) is 0 Å². The standard InChI is InChI=1S/C12H14N2O8/c15-4-6-8(18)9(19)11(22-6)14-3-5(1-2-7(16)17)10(20)13-12(14)21/h1-3,6,8-9,11,15,18-19H,4H2,(H,16,17)(H,13,20,21)/b2-1+/t6-,8-,9+,11-/m1/s1. The number of carboxylic acids is 1. The summed E-state index contributed by atoms with van der Waals surface area (Å²) in [5, 5.41) is 37.1. The molecule has 10 nitrogen and oxygen atoms in total. The molecule has 2 heterocycles. The van der Waals surface area contributed by atoms with Gasteiger partial charge in [0.05, 0.1) is 12.2 Å². The smallest absolute Gasteiger partial charge is 0.330 e. The van der Waals surface area contributed by atoms with E-state index >= 15 is 0 Å². The van der Waals surface area contributed by atoms with E-state index in [1.54, 1.807) is 0 Å². The minimum Gasteiger partial charge on any atom is -0.478 e. The highest BCUT2D eigenvalue weighted by Crippen LogP contribution is 2.27. The lowest BCUT2D eigenvalue weighted by atomic mass is 10.1. The maximum Gasteiger partial charge on any atom is 0.330 e. The maximum absolute atomic E-state index is 11.8. The lowest BCUT2D eigenvalue weighted by molar-refractivity contribution is -0.131. The first-order chi connectivity index (χ1) is 10.3. The van der Waals surface area contributed by atoms with Crippen LogP contribution in [-0.2, 0) is 9.53 Å². The molecule has 4 atom stereocenters. The lowest BCUT2D eigenvalue weighted by Gasteiger charge is -2.17. The van der Waals surface area contributed by atoms with E-state index in [1.807, 2.05) is 4.98 Å². The first-order valence-corrected chi connectivity index (χ1v) is 6.24. The second-order valence-electron chi connectivity index (χ2n) is 4.65. The third-order valence-electron chi connectivity index (χ3n) is 3.19. The fraction of sp³-hybridized carbons (Fsp3) is 0.417. The number of aromatic amines is 1. The van der Waals surface area contributed by atoms with Crippen molar-refractivity contribution in [1.29, 1.82) is 0 Å². The van der Waals surface area contributed by atoms with E-state index in [0.29, 0.717) is 6.08 Å². The Bertz CT molecular complexity index is 706. The van der Waals surface area contributed by atoms with E-state index in [-0.39, 0.29) is 5.56 Å². The molecule has 1 aromatic heterocycles. The van der Waals surface area contributed by atoms with E-state index in [1.165, 1.54) is 0 Å². The van der Waals surface area contributed by atoms with Crippen molar-refractivity contribution in [2.75, 3.05) is 6.61 Å². The van der Waals surface area contributed by atoms with Gasteiger partial charge in [0.25, 0.3) is 5.56 Å². The summed E-state index contributed by atoms with van der Waals surface area (Å²) in [6.45, 7) is -0.571. The van der Waals surface area contributed by atoms with Crippen molar-refractivity contribution < 1.29 is 30.0 Å². The van der Waals surface area contributed by atoms with E-state index in [0.717, 1.165) is 16.8 Å². The molecule has 0 bridgehead atoms. The van der Waals surface area contributed by atoms with Crippen molar-refractivity contribution in [3.63, 3.8) is 0 Å². The summed E-state index contributed by atoms with van der Waals surface area (Å²) in [5.41, 5.74) is -1.88. The van der Waals surface area contributed by atoms with E-state index < -0.39 is 48.4 Å². The van der Waals surface area contributed by atoms with Gasteiger partial charge in [0.1, 0.15) is 18.3 Å². The summed E-state index contributed by atoms with van der Waals surface area (Å²) in [4.78, 5) is 35.8. The van der Waals surface area contributed by atoms with Crippen LogP contribution < -0.4 is 11.2 Å². The van der Waals surface area contributed by atoms with Gasteiger partial charge in [0, 0.05) is 12.3 Å². The third kappa shape index (κ3) is 2.99. The highest BCUT2D eigenvalue weighted by molar-refractivity contribution is 5.85. The molecule has 0 saturated carbocycles. The molecule has 5 N–H and O–H groups in total. The first-order valence-electron chi connectivity index (χ1n) is 6.24. The minimum atomic E-state index is -1.50. The molecule has 2 rings (SSSR count). The molecule has 0 unspecified atom stereocenters. The Morgan fingerprint density at radius 1 is 1.36 bits per heavy atom. The van der Waals surface area contributed by atoms with E-state index in [4.69, 9.17) is 14.9 Å². The molecule has 0 spiro atoms. The molecule has 0 amide bonds. The Morgan fingerprint density at radius 3 is 2.59 bits per heavy atom. The van der Waals surface area contributed by atoms with Gasteiger partial charge in [0.15, 0.2) is 6.23 Å². The van der Waals surface area contributed by atoms with Crippen LogP contribution in [-0.4, -0.2) is 60.9 Å². The quantitative estimate of drug-likeness (QED) is 0.373. The van der Waals surface area contributed by atoms with Gasteiger partial charge in [-0.25, -0.2) is 9.59 Å². The summed E-state index contributed by atoms with van der Waals surface area (Å²) in [7, 11) is 0. The molecule has 1 saturated heterocycles. The predicted molar refractivity (Wildman–Crippen MR) is 71.0 cm³/mol. The van der Waals surface area contributed by atoms with Crippen LogP contribution >= 0.6 is 0 Å². The SMILES string of the molecule is O=C(O)/C=C/c1cn([C@@H]2O[C@H](CO)[C@@H](O)[C@@H]2O)c(=O)[nH]c1=O. The predicted octanol–water partition coefficient (Wildman–Crippen LogP) is -2.75. The zero-order chi connectivity index (χ0) is 16.4. The van der Waals surface area contributed by atoms with Gasteiger partial charge >= 0.3 is 11.7 Å². The average Bonchev–Trinajstić information content (AvgIpc) is 2.74. The van der Waals surface area contributed by atoms with Crippen molar-refractivity contribution in [2.24, 2.45) is 0 Å². The Hall–Kier alpha value is -2.27. The van der Waals surface area contributed by atoms with Crippen molar-refractivity contribution in [2.45, 2.75) is 24.5 Å². The van der Waals surface area contributed by atoms with Crippen LogP contribution in [0.15, 0.2) is 21.9 Å². The summed E-state index contributed by atoms with van der Waals surface area (Å²) in [5.74, 6) is -1.29. The number of ether oxygens (including phenoxy) is 1. The van der Waals surface area contributed by atoms with Crippen molar-refractivity contribution >= 4 is 12.0 Å². The number of H-pyrrole nitrogens is 1. The fourth-order valence-corrected chi connectivity index (χ4v) is 2.08. The van der Waals surface area contributed by atoms with Crippen LogP contribution in [0.1, 0.15) is 11.8 Å². The molecule has 0 radical (unpaired) electrons. The van der Waals surface area contributed by atoms with Crippen molar-refractivity contribution in [1.82, 2.24) is 9.55 Å². The van der Waals surface area contributed by atoms with Gasteiger partial charge in [-0.05, 0) is 6.08 Å². The van der Waals surface area contributed by atoms with Gasteiger partial charge in [0.2, 0.25) is 0 Å². The summed E-state index contributed by atoms with van der Waals surface area (Å²) in [6.07, 6.45) is -2.65. The number of hydrogen-bond acceptors (Lipinski definition) is 7. The molecular weight excluding hydrogens is 300 g/mol. The normalized spacial score (nSPS) is 28.3. The molecule has 1 aliphatic heterocycles. The number of aromatic nitrogens is 2. The number of aliphatic hydroxyl groups excluding tert-OH is 3. The maximum atomic E-state index is 11.8. The van der Waals surface area contributed by atoms with Gasteiger partial charge in [-0.1, -0.05) is 0 Å². The Labute approximate surface area is 122 Å². The second-order valence-corrected chi connectivity index (χ2v) is 4.65. The van der Waals surface area contributed by atoms with Gasteiger partial charge in [-0.3, -0.25) is 14.3 Å². The molecule has 1 fully saturated rings. The number of carboxylic acid groups (broad SMARTS) is 1. The van der Waals surface area contributed by atoms with Crippen LogP contribution in [0.5, 0.6) is 0 Å². The van der Waals surface area contributed by atoms with Crippen molar-refractivity contribution in [3.05, 3.63) is 38.7 Å². The van der Waals surface area contributed by atoms with Crippen LogP contribution in [0.4, 0.5) is 0 Å². The second kappa shape index (κ2) is 6.23. The average molecular weight is 314 g/mol. The minimum absolute atomic E-state index is 0.153. The van der Waals surface area contributed by atoms with E-state index in [9.17, 15) is 24.6 Å². The van der Waals surface area contributed by atoms with Crippen LogP contribution in [0, 0.1) is 0 Å². The Balaban J connectivity index is 2.44. The first kappa shape index (κ1) is 16.1. The molecule has 22 heavy (non-hydrogen) atoms. The largest absolute Gasteiger partial charge is 0.478 e. The van der Waals surface area contributed by atoms with Gasteiger partial charge in [-0.15, -0.1) is 0 Å². The van der Waals surface area contributed by atoms with Crippen LogP contribution in [0.25, 0.3) is 6.08 Å².